The second-order valence-electron chi connectivity index (χ2n) is 7.19. The van der Waals surface area contributed by atoms with Gasteiger partial charge in [0, 0.05) is 29.1 Å². The average molecular weight is 385 g/mol. The molecular formula is C22H26NOS2+. The highest BCUT2D eigenvalue weighted by Crippen LogP contribution is 2.38. The Kier molecular flexibility index (Phi) is 5.35. The minimum absolute atomic E-state index is 0.783. The third-order valence-corrected chi connectivity index (χ3v) is 7.14. The fourth-order valence-corrected chi connectivity index (χ4v) is 5.73. The Morgan fingerprint density at radius 3 is 2.92 bits per heavy atom. The summed E-state index contributed by atoms with van der Waals surface area (Å²) in [6, 6.07) is 6.61. The second-order valence-corrected chi connectivity index (χ2v) is 9.23. The highest BCUT2D eigenvalue weighted by Gasteiger charge is 2.23. The van der Waals surface area contributed by atoms with E-state index < -0.39 is 0 Å². The van der Waals surface area contributed by atoms with Gasteiger partial charge >= 0.3 is 0 Å². The van der Waals surface area contributed by atoms with Crippen molar-refractivity contribution in [3.8, 4) is 0 Å². The lowest BCUT2D eigenvalue weighted by atomic mass is 9.78. The summed E-state index contributed by atoms with van der Waals surface area (Å²) in [6.07, 6.45) is 12.4. The third-order valence-electron chi connectivity index (χ3n) is 5.41. The maximum absolute atomic E-state index is 5.22. The predicted octanol–water partition coefficient (Wildman–Crippen LogP) is 6.32. The normalized spacial score (nSPS) is 21.7. The molecule has 0 bridgehead atoms. The van der Waals surface area contributed by atoms with E-state index in [1.807, 2.05) is 11.3 Å². The van der Waals surface area contributed by atoms with Crippen molar-refractivity contribution in [3.05, 3.63) is 52.1 Å². The summed E-state index contributed by atoms with van der Waals surface area (Å²) >= 11 is 3.32. The molecule has 0 saturated heterocycles. The van der Waals surface area contributed by atoms with Gasteiger partial charge in [-0.2, -0.15) is 4.57 Å². The van der Waals surface area contributed by atoms with Crippen LogP contribution in [0.4, 0.5) is 0 Å². The molecule has 2 aromatic rings. The van der Waals surface area contributed by atoms with Gasteiger partial charge in [-0.15, -0.1) is 0 Å². The van der Waals surface area contributed by atoms with Crippen molar-refractivity contribution in [1.82, 2.24) is 0 Å². The van der Waals surface area contributed by atoms with E-state index in [4.69, 9.17) is 4.18 Å². The quantitative estimate of drug-likeness (QED) is 0.452. The first-order valence-corrected chi connectivity index (χ1v) is 11.0. The van der Waals surface area contributed by atoms with Crippen LogP contribution in [0.25, 0.3) is 16.3 Å². The largest absolute Gasteiger partial charge is 0.314 e. The Morgan fingerprint density at radius 2 is 2.12 bits per heavy atom. The average Bonchev–Trinajstić information content (AvgIpc) is 2.98. The second kappa shape index (κ2) is 7.71. The molecule has 1 unspecified atom stereocenters. The fourth-order valence-electron chi connectivity index (χ4n) is 4.08. The van der Waals surface area contributed by atoms with E-state index in [1.165, 1.54) is 64.1 Å². The zero-order chi connectivity index (χ0) is 18.1. The molecule has 0 amide bonds. The number of benzene rings is 1. The summed E-state index contributed by atoms with van der Waals surface area (Å²) in [5.74, 6) is 0.783. The van der Waals surface area contributed by atoms with Crippen molar-refractivity contribution in [2.75, 3.05) is 7.11 Å². The molecule has 1 aromatic carbocycles. The van der Waals surface area contributed by atoms with Crippen LogP contribution in [0.2, 0.25) is 0 Å². The summed E-state index contributed by atoms with van der Waals surface area (Å²) < 4.78 is 8.99. The van der Waals surface area contributed by atoms with Gasteiger partial charge in [0.1, 0.15) is 11.2 Å². The van der Waals surface area contributed by atoms with Gasteiger partial charge in [-0.3, -0.25) is 0 Å². The van der Waals surface area contributed by atoms with E-state index in [9.17, 15) is 0 Å². The van der Waals surface area contributed by atoms with Crippen LogP contribution in [0, 0.1) is 5.92 Å². The van der Waals surface area contributed by atoms with Gasteiger partial charge in [-0.1, -0.05) is 29.1 Å². The van der Waals surface area contributed by atoms with Gasteiger partial charge in [0.15, 0.2) is 0 Å². The van der Waals surface area contributed by atoms with Crippen molar-refractivity contribution in [3.63, 3.8) is 0 Å². The Balaban J connectivity index is 1.73. The van der Waals surface area contributed by atoms with Crippen LogP contribution in [-0.2, 0) is 10.7 Å². The van der Waals surface area contributed by atoms with E-state index in [0.717, 1.165) is 17.4 Å². The molecule has 2 aliphatic rings. The van der Waals surface area contributed by atoms with E-state index >= 15 is 0 Å². The molecule has 0 radical (unpaired) electrons. The lowest BCUT2D eigenvalue weighted by Crippen LogP contribution is -2.33. The molecule has 0 aliphatic heterocycles. The predicted molar refractivity (Wildman–Crippen MR) is 112 cm³/mol. The third kappa shape index (κ3) is 3.55. The fraction of sp³-hybridized carbons (Fsp3) is 0.409. The molecule has 1 heterocycles. The zero-order valence-corrected chi connectivity index (χ0v) is 17.4. The molecule has 0 N–H and O–H groups in total. The molecule has 0 saturated carbocycles. The summed E-state index contributed by atoms with van der Waals surface area (Å²) in [5, 5.41) is 1.35. The van der Waals surface area contributed by atoms with Crippen molar-refractivity contribution in [1.29, 1.82) is 0 Å². The topological polar surface area (TPSA) is 13.1 Å². The van der Waals surface area contributed by atoms with Crippen LogP contribution < -0.4 is 4.57 Å². The lowest BCUT2D eigenvalue weighted by molar-refractivity contribution is -0.665. The van der Waals surface area contributed by atoms with Crippen LogP contribution in [0.5, 0.6) is 0 Å². The van der Waals surface area contributed by atoms with Crippen LogP contribution in [0.15, 0.2) is 52.0 Å². The van der Waals surface area contributed by atoms with Gasteiger partial charge in [0.25, 0.3) is 5.01 Å². The number of fused-ring (bicyclic) bond motifs is 2. The number of nitrogens with zero attached hydrogens (tertiary/aromatic N) is 1. The number of hydrogen-bond donors (Lipinski definition) is 0. The molecule has 2 aliphatic carbocycles. The molecule has 0 fully saturated rings. The van der Waals surface area contributed by atoms with Crippen LogP contribution in [0.1, 0.15) is 44.5 Å². The van der Waals surface area contributed by atoms with Gasteiger partial charge in [0.05, 0.1) is 7.11 Å². The summed E-state index contributed by atoms with van der Waals surface area (Å²) in [6.45, 7) is 5.48. The van der Waals surface area contributed by atoms with Crippen molar-refractivity contribution in [2.45, 2.75) is 51.0 Å². The first-order valence-electron chi connectivity index (χ1n) is 9.44. The minimum Gasteiger partial charge on any atom is -0.314 e. The maximum Gasteiger partial charge on any atom is 0.263 e. The highest BCUT2D eigenvalue weighted by molar-refractivity contribution is 7.94. The number of thiazole rings is 1. The molecule has 1 aromatic heterocycles. The standard InChI is InChI=1S/C22H26NOS2/c1-4-23-20-14-19(26-24-3)9-10-21(20)25-22(23)13-16-6-8-17-7-5-15(2)11-18(17)12-16/h9-14,17H,4-8H2,1-3H3/q+1/b16-13+. The first kappa shape index (κ1) is 18.0. The summed E-state index contributed by atoms with van der Waals surface area (Å²) in [5.41, 5.74) is 5.86. The molecule has 4 rings (SSSR count). The monoisotopic (exact) mass is 384 g/mol. The molecular weight excluding hydrogens is 358 g/mol. The smallest absolute Gasteiger partial charge is 0.263 e. The van der Waals surface area contributed by atoms with Gasteiger partial charge < -0.3 is 4.18 Å². The van der Waals surface area contributed by atoms with Crippen LogP contribution in [-0.4, -0.2) is 7.11 Å². The number of aromatic nitrogens is 1. The van der Waals surface area contributed by atoms with Crippen molar-refractivity contribution in [2.24, 2.45) is 5.92 Å². The Hall–Kier alpha value is -1.36. The van der Waals surface area contributed by atoms with Crippen LogP contribution >= 0.6 is 23.4 Å². The van der Waals surface area contributed by atoms with Crippen molar-refractivity contribution >= 4 is 39.7 Å². The van der Waals surface area contributed by atoms with Gasteiger partial charge in [-0.05, 0) is 68.7 Å². The maximum atomic E-state index is 5.22. The molecule has 2 nitrogen and oxygen atoms in total. The lowest BCUT2D eigenvalue weighted by Gasteiger charge is -2.27. The van der Waals surface area contributed by atoms with E-state index in [2.05, 4.69) is 54.8 Å². The van der Waals surface area contributed by atoms with Gasteiger partial charge in [0.2, 0.25) is 5.52 Å². The Morgan fingerprint density at radius 1 is 1.27 bits per heavy atom. The number of allylic oxidation sites excluding steroid dienone is 5. The van der Waals surface area contributed by atoms with Crippen LogP contribution in [0.3, 0.4) is 0 Å². The number of rotatable bonds is 4. The number of aryl methyl sites for hydroxylation is 1. The summed E-state index contributed by atoms with van der Waals surface area (Å²) in [4.78, 5) is 1.16. The Bertz CT molecular complexity index is 920. The first-order chi connectivity index (χ1) is 12.7. The van der Waals surface area contributed by atoms with E-state index in [0.29, 0.717) is 0 Å². The molecule has 4 heteroatoms. The molecule has 0 spiro atoms. The molecule has 1 atom stereocenters. The molecule has 136 valence electrons. The van der Waals surface area contributed by atoms with Gasteiger partial charge in [-0.25, -0.2) is 0 Å². The SMILES string of the molecule is CC[n+]1c(/C=C2/C=C3C=C(C)CCC3CC2)sc2ccc(SOC)cc21. The summed E-state index contributed by atoms with van der Waals surface area (Å²) in [7, 11) is 1.72. The van der Waals surface area contributed by atoms with E-state index in [-0.39, 0.29) is 0 Å². The van der Waals surface area contributed by atoms with Crippen molar-refractivity contribution < 1.29 is 8.75 Å². The Labute approximate surface area is 164 Å². The van der Waals surface area contributed by atoms with E-state index in [1.54, 1.807) is 12.7 Å². The molecule has 26 heavy (non-hydrogen) atoms. The zero-order valence-electron chi connectivity index (χ0n) is 15.7. The highest BCUT2D eigenvalue weighted by atomic mass is 32.2. The minimum atomic E-state index is 0.783. The number of hydrogen-bond acceptors (Lipinski definition) is 3.